The van der Waals surface area contributed by atoms with Gasteiger partial charge < -0.3 is 54.3 Å². The standard InChI is InChI=1S/C48H48N8O4.H2O.V/c1-5-9-21-57-29-13-17-33-37(25-29)45-49-41(33)54-46-39-27-31(59-23-11-7-3)15-19-35(39)43(51-46)56-48-40-28-32(60-24-12-8-4)16-20-36(40)44(52-48)55-47-38-26-30(58-22-10-6-2)14-18-34(38)42(50-47)53-45;;/h13-20,25-28H,5-12,21-24H2,1-4H3;1H2;/q-2;;+2. The summed E-state index contributed by atoms with van der Waals surface area (Å²) in [6.07, 6.45) is 7.93. The molecule has 2 N–H and O–H groups in total. The summed E-state index contributed by atoms with van der Waals surface area (Å²) < 4.78 is 24.7. The van der Waals surface area contributed by atoms with E-state index < -0.39 is 0 Å². The second-order valence-corrected chi connectivity index (χ2v) is 15.1. The van der Waals surface area contributed by atoms with E-state index in [4.69, 9.17) is 58.8 Å². The van der Waals surface area contributed by atoms with Crippen LogP contribution in [0.2, 0.25) is 0 Å². The van der Waals surface area contributed by atoms with Gasteiger partial charge in [-0.25, -0.2) is 9.97 Å². The summed E-state index contributed by atoms with van der Waals surface area (Å²) in [6, 6.07) is 23.7. The average molecular weight is 870 g/mol. The molecule has 2 aliphatic rings. The van der Waals surface area contributed by atoms with Crippen molar-refractivity contribution in [2.75, 3.05) is 26.4 Å². The molecule has 1 radical (unpaired) electrons. The van der Waals surface area contributed by atoms with Crippen molar-refractivity contribution in [2.24, 2.45) is 0 Å². The second-order valence-electron chi connectivity index (χ2n) is 15.1. The number of benzene rings is 4. The summed E-state index contributed by atoms with van der Waals surface area (Å²) in [4.78, 5) is 40.9. The molecular weight excluding hydrogens is 820 g/mol. The zero-order chi connectivity index (χ0) is 41.0. The van der Waals surface area contributed by atoms with Crippen molar-refractivity contribution < 1.29 is 43.0 Å². The normalized spacial score (nSPS) is 11.4. The zero-order valence-corrected chi connectivity index (χ0v) is 37.0. The minimum Gasteiger partial charge on any atom is -0.494 e. The van der Waals surface area contributed by atoms with Crippen LogP contribution in [0.5, 0.6) is 23.0 Å². The molecule has 0 aliphatic carbocycles. The van der Waals surface area contributed by atoms with Crippen LogP contribution >= 0.6 is 0 Å². The van der Waals surface area contributed by atoms with E-state index in [9.17, 15) is 0 Å². The van der Waals surface area contributed by atoms with Crippen LogP contribution in [0.3, 0.4) is 0 Å². The Hall–Kier alpha value is -6.02. The first-order valence-electron chi connectivity index (χ1n) is 21.3. The van der Waals surface area contributed by atoms with Crippen LogP contribution in [0, 0.1) is 0 Å². The topological polar surface area (TPSA) is 174 Å². The maximum absolute atomic E-state index is 6.17. The van der Waals surface area contributed by atoms with Crippen molar-refractivity contribution in [3.8, 4) is 68.5 Å². The monoisotopic (exact) mass is 869 g/mol. The number of hydrogen-bond acceptors (Lipinski definition) is 10. The number of nitrogens with zero attached hydrogens (tertiary/aromatic N) is 8. The molecule has 62 heavy (non-hydrogen) atoms. The van der Waals surface area contributed by atoms with Gasteiger partial charge in [-0.05, 0) is 120 Å². The molecular formula is C48H50N8O5V. The Morgan fingerprint density at radius 2 is 0.677 bits per heavy atom. The van der Waals surface area contributed by atoms with Gasteiger partial charge in [-0.15, -0.1) is 0 Å². The summed E-state index contributed by atoms with van der Waals surface area (Å²) in [6.45, 7) is 11.0. The molecule has 0 unspecified atom stereocenters. The first-order valence-corrected chi connectivity index (χ1v) is 21.3. The van der Waals surface area contributed by atoms with Gasteiger partial charge in [0.2, 0.25) is 0 Å². The van der Waals surface area contributed by atoms with E-state index in [-0.39, 0.29) is 24.0 Å². The van der Waals surface area contributed by atoms with Crippen LogP contribution in [0.4, 0.5) is 0 Å². The van der Waals surface area contributed by atoms with Crippen molar-refractivity contribution in [1.29, 1.82) is 0 Å². The number of ether oxygens (including phenoxy) is 4. The summed E-state index contributed by atoms with van der Waals surface area (Å²) >= 11 is 0. The molecule has 4 aromatic carbocycles. The molecule has 9 rings (SSSR count). The average Bonchev–Trinajstić information content (AvgIpc) is 3.99. The molecule has 0 atom stereocenters. The Bertz CT molecular complexity index is 2680. The fourth-order valence-corrected chi connectivity index (χ4v) is 7.28. The number of hydrogen-bond donors (Lipinski definition) is 0. The molecule has 8 bridgehead atoms. The maximum Gasteiger partial charge on any atom is 2.00 e. The van der Waals surface area contributed by atoms with Gasteiger partial charge in [0.15, 0.2) is 0 Å². The Kier molecular flexibility index (Phi) is 14.1. The zero-order valence-electron chi connectivity index (χ0n) is 35.6. The molecule has 5 heterocycles. The molecule has 2 aliphatic heterocycles. The van der Waals surface area contributed by atoms with E-state index in [1.54, 1.807) is 0 Å². The number of fused-ring (bicyclic) bond motifs is 20. The SMILES string of the molecule is CCCCOc1ccc2c(c1)-c1nc-2nc2[n-]c(nc3nc(nc4[n-]c(n1)c1ccc(OCCCC)cc41)-c1ccc(OCCCC)cc1-3)c1ccc(OCCCC)cc21.O.[V+2]. The number of unbranched alkanes of at least 4 members (excludes halogenated alkanes) is 4. The minimum atomic E-state index is 0. The molecule has 13 nitrogen and oxygen atoms in total. The smallest absolute Gasteiger partial charge is 0.494 e. The van der Waals surface area contributed by atoms with Crippen LogP contribution in [-0.2, 0) is 18.6 Å². The maximum atomic E-state index is 6.17. The number of rotatable bonds is 16. The summed E-state index contributed by atoms with van der Waals surface area (Å²) in [5, 5.41) is 3.19. The summed E-state index contributed by atoms with van der Waals surface area (Å²) in [5.74, 6) is 4.81. The fraction of sp³-hybridized carbons (Fsp3) is 0.333. The first-order chi connectivity index (χ1) is 29.5. The van der Waals surface area contributed by atoms with E-state index in [0.717, 1.165) is 118 Å². The molecule has 14 heteroatoms. The molecule has 0 spiro atoms. The van der Waals surface area contributed by atoms with Gasteiger partial charge in [-0.2, -0.15) is 0 Å². The van der Waals surface area contributed by atoms with Gasteiger partial charge in [0, 0.05) is 44.8 Å². The number of aromatic nitrogens is 8. The van der Waals surface area contributed by atoms with Crippen molar-refractivity contribution in [3.63, 3.8) is 0 Å². The van der Waals surface area contributed by atoms with Gasteiger partial charge in [-0.1, -0.05) is 53.4 Å². The Labute approximate surface area is 372 Å². The predicted octanol–water partition coefficient (Wildman–Crippen LogP) is 10.0. The van der Waals surface area contributed by atoms with Gasteiger partial charge in [0.05, 0.1) is 49.7 Å². The molecule has 0 saturated heterocycles. The van der Waals surface area contributed by atoms with Crippen molar-refractivity contribution in [1.82, 2.24) is 39.9 Å². The van der Waals surface area contributed by atoms with Crippen LogP contribution in [0.1, 0.15) is 79.1 Å². The third-order valence-corrected chi connectivity index (χ3v) is 10.7. The minimum absolute atomic E-state index is 0. The third-order valence-electron chi connectivity index (χ3n) is 10.7. The van der Waals surface area contributed by atoms with Crippen LogP contribution in [0.25, 0.3) is 89.7 Å². The van der Waals surface area contributed by atoms with E-state index in [2.05, 4.69) is 27.7 Å². The largest absolute Gasteiger partial charge is 2.00 e. The Morgan fingerprint density at radius 3 is 1.03 bits per heavy atom. The second kappa shape index (κ2) is 19.8. The summed E-state index contributed by atoms with van der Waals surface area (Å²) in [7, 11) is 0. The fourth-order valence-electron chi connectivity index (χ4n) is 7.28. The quantitative estimate of drug-likeness (QED) is 0.0842. The third kappa shape index (κ3) is 8.97. The molecule has 0 saturated carbocycles. The van der Waals surface area contributed by atoms with Gasteiger partial charge >= 0.3 is 18.6 Å². The molecule has 3 aromatic heterocycles. The van der Waals surface area contributed by atoms with E-state index >= 15 is 0 Å². The van der Waals surface area contributed by atoms with Crippen molar-refractivity contribution in [2.45, 2.75) is 79.1 Å². The van der Waals surface area contributed by atoms with Crippen LogP contribution in [-0.4, -0.2) is 61.8 Å². The molecule has 0 fully saturated rings. The molecule has 7 aromatic rings. The van der Waals surface area contributed by atoms with Gasteiger partial charge in [-0.3, -0.25) is 0 Å². The van der Waals surface area contributed by atoms with Crippen molar-refractivity contribution >= 4 is 44.1 Å². The van der Waals surface area contributed by atoms with E-state index in [0.29, 0.717) is 72.3 Å². The van der Waals surface area contributed by atoms with E-state index in [1.807, 2.05) is 72.8 Å². The van der Waals surface area contributed by atoms with Gasteiger partial charge in [0.25, 0.3) is 0 Å². The molecule has 317 valence electrons. The van der Waals surface area contributed by atoms with Crippen molar-refractivity contribution in [3.05, 3.63) is 72.8 Å². The Morgan fingerprint density at radius 1 is 0.371 bits per heavy atom. The first kappa shape index (κ1) is 44.1. The van der Waals surface area contributed by atoms with E-state index in [1.165, 1.54) is 0 Å². The summed E-state index contributed by atoms with van der Waals surface area (Å²) in [5.41, 5.74) is 5.06. The predicted molar refractivity (Wildman–Crippen MR) is 239 cm³/mol. The van der Waals surface area contributed by atoms with Crippen LogP contribution < -0.4 is 28.9 Å². The molecule has 0 amide bonds. The van der Waals surface area contributed by atoms with Gasteiger partial charge in [0.1, 0.15) is 23.0 Å². The van der Waals surface area contributed by atoms with Crippen LogP contribution in [0.15, 0.2) is 72.8 Å². The Balaban J connectivity index is 0.00000289.